The molecule has 0 aromatic carbocycles. The van der Waals surface area contributed by atoms with Gasteiger partial charge in [-0.05, 0) is 19.9 Å². The summed E-state index contributed by atoms with van der Waals surface area (Å²) in [6.07, 6.45) is 3.60. The van der Waals surface area contributed by atoms with E-state index in [2.05, 4.69) is 4.98 Å². The van der Waals surface area contributed by atoms with Crippen molar-refractivity contribution in [1.82, 2.24) is 4.98 Å². The van der Waals surface area contributed by atoms with Gasteiger partial charge in [0.15, 0.2) is 0 Å². The molecule has 0 N–H and O–H groups in total. The SMILES string of the molecule is CC=c1c(Cl)nccc1=C(C)OC. The summed E-state index contributed by atoms with van der Waals surface area (Å²) < 4.78 is 5.14. The smallest absolute Gasteiger partial charge is 0.136 e. The van der Waals surface area contributed by atoms with Crippen molar-refractivity contribution in [2.24, 2.45) is 0 Å². The van der Waals surface area contributed by atoms with Gasteiger partial charge in [-0.3, -0.25) is 0 Å². The summed E-state index contributed by atoms with van der Waals surface area (Å²) in [6.45, 7) is 3.83. The molecule has 1 aromatic rings. The highest BCUT2D eigenvalue weighted by Crippen LogP contribution is 1.93. The van der Waals surface area contributed by atoms with Gasteiger partial charge in [-0.2, -0.15) is 0 Å². The molecule has 0 radical (unpaired) electrons. The monoisotopic (exact) mass is 197 g/mol. The molecule has 0 fully saturated rings. The van der Waals surface area contributed by atoms with Crippen molar-refractivity contribution in [3.63, 3.8) is 0 Å². The maximum Gasteiger partial charge on any atom is 0.136 e. The fraction of sp³-hybridized carbons (Fsp3) is 0.300. The highest BCUT2D eigenvalue weighted by Gasteiger charge is 1.96. The lowest BCUT2D eigenvalue weighted by Crippen LogP contribution is -2.28. The van der Waals surface area contributed by atoms with Crippen LogP contribution in [0.5, 0.6) is 0 Å². The third kappa shape index (κ3) is 2.01. The van der Waals surface area contributed by atoms with Crippen molar-refractivity contribution >= 4 is 23.4 Å². The molecule has 0 aliphatic heterocycles. The Labute approximate surface area is 82.5 Å². The standard InChI is InChI=1S/C10H12ClNO/c1-4-8-9(7(2)13-3)5-6-12-10(8)11/h4-6H,1-3H3. The van der Waals surface area contributed by atoms with Crippen LogP contribution in [-0.2, 0) is 4.74 Å². The third-order valence-corrected chi connectivity index (χ3v) is 2.22. The number of halogens is 1. The number of hydrogen-bond donors (Lipinski definition) is 0. The number of nitrogens with zero attached hydrogens (tertiary/aromatic N) is 1. The maximum atomic E-state index is 5.92. The molecule has 2 nitrogen and oxygen atoms in total. The van der Waals surface area contributed by atoms with Crippen LogP contribution in [-0.4, -0.2) is 12.1 Å². The number of methoxy groups -OCH3 is 1. The third-order valence-electron chi connectivity index (χ3n) is 1.92. The van der Waals surface area contributed by atoms with Gasteiger partial charge < -0.3 is 4.74 Å². The Morgan fingerprint density at radius 1 is 1.62 bits per heavy atom. The zero-order valence-electron chi connectivity index (χ0n) is 7.97. The number of rotatable bonds is 1. The van der Waals surface area contributed by atoms with Crippen molar-refractivity contribution < 1.29 is 4.74 Å². The van der Waals surface area contributed by atoms with Crippen LogP contribution >= 0.6 is 11.6 Å². The lowest BCUT2D eigenvalue weighted by atomic mass is 10.2. The molecular weight excluding hydrogens is 186 g/mol. The Hall–Kier alpha value is -1.02. The van der Waals surface area contributed by atoms with Crippen LogP contribution in [0.2, 0.25) is 5.15 Å². The van der Waals surface area contributed by atoms with Crippen LogP contribution in [0, 0.1) is 0 Å². The number of ether oxygens (including phenoxy) is 1. The van der Waals surface area contributed by atoms with Gasteiger partial charge in [0, 0.05) is 16.6 Å². The van der Waals surface area contributed by atoms with E-state index in [0.29, 0.717) is 5.15 Å². The fourth-order valence-corrected chi connectivity index (χ4v) is 1.41. The van der Waals surface area contributed by atoms with Crippen LogP contribution in [0.4, 0.5) is 0 Å². The van der Waals surface area contributed by atoms with Crippen molar-refractivity contribution in [3.8, 4) is 0 Å². The molecule has 3 heteroatoms. The average molecular weight is 198 g/mol. The molecule has 1 heterocycles. The summed E-state index contributed by atoms with van der Waals surface area (Å²) in [5.41, 5.74) is 0. The second-order valence-corrected chi connectivity index (χ2v) is 2.97. The number of hydrogen-bond acceptors (Lipinski definition) is 2. The second-order valence-electron chi connectivity index (χ2n) is 2.61. The average Bonchev–Trinajstić information content (AvgIpc) is 2.16. The number of aromatic nitrogens is 1. The van der Waals surface area contributed by atoms with Crippen molar-refractivity contribution in [2.75, 3.05) is 7.11 Å². The first-order chi connectivity index (χ1) is 6.20. The van der Waals surface area contributed by atoms with Crippen LogP contribution < -0.4 is 10.4 Å². The van der Waals surface area contributed by atoms with E-state index in [4.69, 9.17) is 16.3 Å². The molecule has 1 aromatic heterocycles. The summed E-state index contributed by atoms with van der Waals surface area (Å²) in [4.78, 5) is 3.99. The van der Waals surface area contributed by atoms with Crippen LogP contribution in [0.1, 0.15) is 13.8 Å². The molecule has 0 saturated carbocycles. The first kappa shape index (κ1) is 10.1. The van der Waals surface area contributed by atoms with Gasteiger partial charge >= 0.3 is 0 Å². The van der Waals surface area contributed by atoms with Gasteiger partial charge in [-0.25, -0.2) is 4.98 Å². The summed E-state index contributed by atoms with van der Waals surface area (Å²) in [7, 11) is 1.64. The van der Waals surface area contributed by atoms with Gasteiger partial charge in [0.1, 0.15) is 10.9 Å². The molecular formula is C10H12ClNO. The van der Waals surface area contributed by atoms with Crippen molar-refractivity contribution in [1.29, 1.82) is 0 Å². The molecule has 1 rings (SSSR count). The van der Waals surface area contributed by atoms with E-state index in [1.54, 1.807) is 13.3 Å². The number of pyridine rings is 1. The zero-order chi connectivity index (χ0) is 9.84. The van der Waals surface area contributed by atoms with Crippen molar-refractivity contribution in [2.45, 2.75) is 13.8 Å². The van der Waals surface area contributed by atoms with E-state index >= 15 is 0 Å². The first-order valence-corrected chi connectivity index (χ1v) is 4.40. The largest absolute Gasteiger partial charge is 0.501 e. The molecule has 0 aliphatic carbocycles. The minimum atomic E-state index is 0.511. The topological polar surface area (TPSA) is 22.1 Å². The predicted octanol–water partition coefficient (Wildman–Crippen LogP) is 1.31. The van der Waals surface area contributed by atoms with Gasteiger partial charge in [0.25, 0.3) is 0 Å². The van der Waals surface area contributed by atoms with E-state index < -0.39 is 0 Å². The molecule has 0 bridgehead atoms. The highest BCUT2D eigenvalue weighted by molar-refractivity contribution is 6.29. The van der Waals surface area contributed by atoms with E-state index in [1.807, 2.05) is 26.0 Å². The minimum absolute atomic E-state index is 0.511. The summed E-state index contributed by atoms with van der Waals surface area (Å²) in [6, 6.07) is 1.89. The van der Waals surface area contributed by atoms with E-state index in [-0.39, 0.29) is 0 Å². The molecule has 0 spiro atoms. The quantitative estimate of drug-likeness (QED) is 0.634. The summed E-state index contributed by atoms with van der Waals surface area (Å²) in [5.74, 6) is 0.845. The first-order valence-electron chi connectivity index (χ1n) is 4.02. The summed E-state index contributed by atoms with van der Waals surface area (Å²) in [5, 5.41) is 2.42. The lowest BCUT2D eigenvalue weighted by molar-refractivity contribution is 0.360. The van der Waals surface area contributed by atoms with Crippen LogP contribution in [0.25, 0.3) is 11.8 Å². The minimum Gasteiger partial charge on any atom is -0.501 e. The Morgan fingerprint density at radius 3 is 2.85 bits per heavy atom. The molecule has 0 aliphatic rings. The summed E-state index contributed by atoms with van der Waals surface area (Å²) >= 11 is 5.92. The van der Waals surface area contributed by atoms with Gasteiger partial charge in [-0.15, -0.1) is 0 Å². The Morgan fingerprint density at radius 2 is 2.31 bits per heavy atom. The molecule has 13 heavy (non-hydrogen) atoms. The van der Waals surface area contributed by atoms with E-state index in [0.717, 1.165) is 16.2 Å². The van der Waals surface area contributed by atoms with Gasteiger partial charge in [0.2, 0.25) is 0 Å². The Balaban J connectivity index is 3.67. The lowest BCUT2D eigenvalue weighted by Gasteiger charge is -1.99. The molecule has 0 amide bonds. The van der Waals surface area contributed by atoms with Crippen molar-refractivity contribution in [3.05, 3.63) is 27.9 Å². The van der Waals surface area contributed by atoms with Crippen LogP contribution in [0.3, 0.4) is 0 Å². The normalized spacial score (nSPS) is 14.3. The Bertz CT molecular complexity index is 411. The van der Waals surface area contributed by atoms with E-state index in [1.165, 1.54) is 0 Å². The molecule has 0 saturated heterocycles. The Kier molecular flexibility index (Phi) is 3.32. The van der Waals surface area contributed by atoms with Crippen LogP contribution in [0.15, 0.2) is 12.3 Å². The second kappa shape index (κ2) is 4.28. The molecule has 0 atom stereocenters. The zero-order valence-corrected chi connectivity index (χ0v) is 8.72. The van der Waals surface area contributed by atoms with Gasteiger partial charge in [0.05, 0.1) is 7.11 Å². The highest BCUT2D eigenvalue weighted by atomic mass is 35.5. The maximum absolute atomic E-state index is 5.92. The van der Waals surface area contributed by atoms with E-state index in [9.17, 15) is 0 Å². The van der Waals surface area contributed by atoms with Gasteiger partial charge in [-0.1, -0.05) is 17.7 Å². The fourth-order valence-electron chi connectivity index (χ4n) is 1.14. The molecule has 70 valence electrons. The molecule has 0 unspecified atom stereocenters. The predicted molar refractivity (Wildman–Crippen MR) is 54.7 cm³/mol.